The maximum absolute atomic E-state index is 12.7. The van der Waals surface area contributed by atoms with Gasteiger partial charge in [-0.25, -0.2) is 4.98 Å². The lowest BCUT2D eigenvalue weighted by Crippen LogP contribution is -2.14. The van der Waals surface area contributed by atoms with E-state index < -0.39 is 0 Å². The fraction of sp³-hybridized carbons (Fsp3) is 0.0476. The van der Waals surface area contributed by atoms with Crippen LogP contribution in [0.3, 0.4) is 0 Å². The van der Waals surface area contributed by atoms with E-state index >= 15 is 0 Å². The number of nitrogens with zero attached hydrogens (tertiary/aromatic N) is 2. The van der Waals surface area contributed by atoms with Gasteiger partial charge in [-0.3, -0.25) is 9.20 Å². The van der Waals surface area contributed by atoms with Crippen LogP contribution >= 0.6 is 11.6 Å². The second-order valence-electron chi connectivity index (χ2n) is 5.96. The van der Waals surface area contributed by atoms with E-state index in [9.17, 15) is 4.79 Å². The van der Waals surface area contributed by atoms with Crippen LogP contribution in [-0.2, 0) is 6.42 Å². The third-order valence-corrected chi connectivity index (χ3v) is 4.41. The number of halogens is 1. The molecule has 2 aromatic heterocycles. The summed E-state index contributed by atoms with van der Waals surface area (Å²) in [5.41, 5.74) is 3.30. The number of carbonyl (C=O) groups excluding carboxylic acids is 1. The highest BCUT2D eigenvalue weighted by Crippen LogP contribution is 2.22. The second kappa shape index (κ2) is 7.02. The Morgan fingerprint density at radius 2 is 1.69 bits per heavy atom. The lowest BCUT2D eigenvalue weighted by Gasteiger charge is -2.08. The molecular formula is C21H16ClN3O. The molecular weight excluding hydrogens is 346 g/mol. The summed E-state index contributed by atoms with van der Waals surface area (Å²) in [4.78, 5) is 17.4. The molecule has 0 saturated carbocycles. The number of anilines is 1. The van der Waals surface area contributed by atoms with Gasteiger partial charge in [0.15, 0.2) is 0 Å². The highest BCUT2D eigenvalue weighted by atomic mass is 35.5. The Labute approximate surface area is 156 Å². The molecule has 1 N–H and O–H groups in total. The van der Waals surface area contributed by atoms with Gasteiger partial charge in [0.05, 0.1) is 5.69 Å². The van der Waals surface area contributed by atoms with Crippen molar-refractivity contribution in [3.8, 4) is 0 Å². The topological polar surface area (TPSA) is 46.4 Å². The minimum absolute atomic E-state index is 0.193. The van der Waals surface area contributed by atoms with Crippen LogP contribution < -0.4 is 5.32 Å². The normalized spacial score (nSPS) is 10.8. The van der Waals surface area contributed by atoms with Crippen LogP contribution in [0.15, 0.2) is 79.0 Å². The van der Waals surface area contributed by atoms with Crippen molar-refractivity contribution < 1.29 is 4.79 Å². The van der Waals surface area contributed by atoms with Crippen molar-refractivity contribution in [1.29, 1.82) is 0 Å². The van der Waals surface area contributed by atoms with Crippen LogP contribution in [0.2, 0.25) is 5.02 Å². The molecule has 2 aromatic carbocycles. The van der Waals surface area contributed by atoms with Crippen molar-refractivity contribution in [3.63, 3.8) is 0 Å². The second-order valence-corrected chi connectivity index (χ2v) is 6.40. The van der Waals surface area contributed by atoms with Crippen LogP contribution in [-0.4, -0.2) is 15.3 Å². The van der Waals surface area contributed by atoms with Crippen molar-refractivity contribution in [3.05, 3.63) is 101 Å². The highest BCUT2D eigenvalue weighted by molar-refractivity contribution is 6.30. The standard InChI is InChI=1S/C21H16ClN3O/c22-17-11-9-16(10-12-17)21(26)24-20-18(14-15-6-2-1-3-7-15)23-19-8-4-5-13-25(19)20/h1-13H,14H2,(H,24,26). The van der Waals surface area contributed by atoms with Gasteiger partial charge < -0.3 is 5.32 Å². The molecule has 5 heteroatoms. The Hall–Kier alpha value is -3.11. The van der Waals surface area contributed by atoms with Gasteiger partial charge in [-0.15, -0.1) is 0 Å². The van der Waals surface area contributed by atoms with E-state index in [0.29, 0.717) is 22.8 Å². The first-order valence-corrected chi connectivity index (χ1v) is 8.65. The number of amides is 1. The molecule has 0 saturated heterocycles. The minimum atomic E-state index is -0.193. The van der Waals surface area contributed by atoms with Gasteiger partial charge in [-0.05, 0) is 42.0 Å². The van der Waals surface area contributed by atoms with Crippen LogP contribution in [0.25, 0.3) is 5.65 Å². The Kier molecular flexibility index (Phi) is 4.42. The first kappa shape index (κ1) is 16.4. The fourth-order valence-electron chi connectivity index (χ4n) is 2.87. The molecule has 0 aliphatic carbocycles. The molecule has 4 nitrogen and oxygen atoms in total. The first-order chi connectivity index (χ1) is 12.7. The Morgan fingerprint density at radius 3 is 2.46 bits per heavy atom. The molecule has 0 unspecified atom stereocenters. The summed E-state index contributed by atoms with van der Waals surface area (Å²) >= 11 is 5.91. The maximum atomic E-state index is 12.7. The van der Waals surface area contributed by atoms with E-state index in [1.165, 1.54) is 0 Å². The molecule has 0 radical (unpaired) electrons. The van der Waals surface area contributed by atoms with E-state index in [1.807, 2.05) is 47.0 Å². The summed E-state index contributed by atoms with van der Waals surface area (Å²) in [5, 5.41) is 3.61. The predicted octanol–water partition coefficient (Wildman–Crippen LogP) is 4.83. The summed E-state index contributed by atoms with van der Waals surface area (Å²) in [6.07, 6.45) is 2.53. The predicted molar refractivity (Wildman–Crippen MR) is 104 cm³/mol. The zero-order valence-electron chi connectivity index (χ0n) is 13.9. The van der Waals surface area contributed by atoms with Crippen LogP contribution in [0.4, 0.5) is 5.82 Å². The highest BCUT2D eigenvalue weighted by Gasteiger charge is 2.16. The quantitative estimate of drug-likeness (QED) is 0.565. The number of fused-ring (bicyclic) bond motifs is 1. The number of hydrogen-bond donors (Lipinski definition) is 1. The van der Waals surface area contributed by atoms with Crippen molar-refractivity contribution in [1.82, 2.24) is 9.38 Å². The molecule has 4 aromatic rings. The van der Waals surface area contributed by atoms with Gasteiger partial charge in [-0.2, -0.15) is 0 Å². The first-order valence-electron chi connectivity index (χ1n) is 8.27. The zero-order chi connectivity index (χ0) is 17.9. The Morgan fingerprint density at radius 1 is 0.962 bits per heavy atom. The van der Waals surface area contributed by atoms with Crippen LogP contribution in [0, 0.1) is 0 Å². The lowest BCUT2D eigenvalue weighted by atomic mass is 10.1. The van der Waals surface area contributed by atoms with Gasteiger partial charge in [0, 0.05) is 23.2 Å². The van der Waals surface area contributed by atoms with Crippen LogP contribution in [0.1, 0.15) is 21.6 Å². The SMILES string of the molecule is O=C(Nc1c(Cc2ccccc2)nc2ccccn12)c1ccc(Cl)cc1. The molecule has 2 heterocycles. The molecule has 0 aliphatic heterocycles. The molecule has 0 aliphatic rings. The third-order valence-electron chi connectivity index (χ3n) is 4.15. The molecule has 0 spiro atoms. The van der Waals surface area contributed by atoms with Gasteiger partial charge >= 0.3 is 0 Å². The molecule has 0 atom stereocenters. The smallest absolute Gasteiger partial charge is 0.256 e. The van der Waals surface area contributed by atoms with Gasteiger partial charge in [0.25, 0.3) is 5.91 Å². The maximum Gasteiger partial charge on any atom is 0.256 e. The van der Waals surface area contributed by atoms with Gasteiger partial charge in [0.1, 0.15) is 11.5 Å². The minimum Gasteiger partial charge on any atom is -0.306 e. The van der Waals surface area contributed by atoms with Crippen molar-refractivity contribution in [2.24, 2.45) is 0 Å². The number of imidazole rings is 1. The number of benzene rings is 2. The Balaban J connectivity index is 1.71. The number of pyridine rings is 1. The number of carbonyl (C=O) groups is 1. The molecule has 26 heavy (non-hydrogen) atoms. The van der Waals surface area contributed by atoms with Crippen molar-refractivity contribution in [2.45, 2.75) is 6.42 Å². The molecule has 0 fully saturated rings. The number of hydrogen-bond acceptors (Lipinski definition) is 2. The summed E-state index contributed by atoms with van der Waals surface area (Å²) in [6.45, 7) is 0. The lowest BCUT2D eigenvalue weighted by molar-refractivity contribution is 0.102. The zero-order valence-corrected chi connectivity index (χ0v) is 14.6. The van der Waals surface area contributed by atoms with E-state index in [-0.39, 0.29) is 5.91 Å². The number of nitrogens with one attached hydrogen (secondary N) is 1. The fourth-order valence-corrected chi connectivity index (χ4v) is 3.00. The molecule has 0 bridgehead atoms. The number of rotatable bonds is 4. The summed E-state index contributed by atoms with van der Waals surface area (Å²) < 4.78 is 1.89. The largest absolute Gasteiger partial charge is 0.306 e. The molecule has 4 rings (SSSR count). The average Bonchev–Trinajstić information content (AvgIpc) is 3.00. The molecule has 1 amide bonds. The van der Waals surface area contributed by atoms with Crippen LogP contribution in [0.5, 0.6) is 0 Å². The average molecular weight is 362 g/mol. The molecule has 128 valence electrons. The van der Waals surface area contributed by atoms with E-state index in [2.05, 4.69) is 17.4 Å². The van der Waals surface area contributed by atoms with E-state index in [0.717, 1.165) is 16.9 Å². The van der Waals surface area contributed by atoms with E-state index in [1.54, 1.807) is 24.3 Å². The third kappa shape index (κ3) is 3.32. The van der Waals surface area contributed by atoms with Gasteiger partial charge in [0.2, 0.25) is 0 Å². The van der Waals surface area contributed by atoms with Crippen molar-refractivity contribution >= 4 is 29.0 Å². The van der Waals surface area contributed by atoms with Gasteiger partial charge in [-0.1, -0.05) is 48.0 Å². The number of aromatic nitrogens is 2. The summed E-state index contributed by atoms with van der Waals surface area (Å²) in [7, 11) is 0. The van der Waals surface area contributed by atoms with E-state index in [4.69, 9.17) is 16.6 Å². The summed E-state index contributed by atoms with van der Waals surface area (Å²) in [5.74, 6) is 0.492. The monoisotopic (exact) mass is 361 g/mol. The Bertz CT molecular complexity index is 1060. The summed E-state index contributed by atoms with van der Waals surface area (Å²) in [6, 6.07) is 22.7. The van der Waals surface area contributed by atoms with Crippen molar-refractivity contribution in [2.75, 3.05) is 5.32 Å².